The van der Waals surface area contributed by atoms with Gasteiger partial charge in [-0.15, -0.1) is 0 Å². The number of rotatable bonds is 6. The molecule has 0 amide bonds. The van der Waals surface area contributed by atoms with Gasteiger partial charge in [-0.1, -0.05) is 41.9 Å². The van der Waals surface area contributed by atoms with E-state index in [4.69, 9.17) is 16.3 Å². The monoisotopic (exact) mass is 258 g/mol. The number of hydrogen-bond acceptors (Lipinski definition) is 4. The highest BCUT2D eigenvalue weighted by molar-refractivity contribution is 6.20. The first kappa shape index (κ1) is 14.0. The highest BCUT2D eigenvalue weighted by Crippen LogP contribution is 2.11. The molecule has 2 atom stereocenters. The molecule has 1 rings (SSSR count). The lowest BCUT2D eigenvalue weighted by Crippen LogP contribution is -2.24. The largest absolute Gasteiger partial charge is 0.370 e. The Hall–Kier alpha value is -1.10. The normalized spacial score (nSPS) is 14.1. The van der Waals surface area contributed by atoms with Gasteiger partial charge >= 0.3 is 5.97 Å². The van der Waals surface area contributed by atoms with Crippen molar-refractivity contribution in [3.63, 3.8) is 0 Å². The number of halogens is 1. The highest BCUT2D eigenvalue weighted by atomic mass is 35.5. The first-order chi connectivity index (χ1) is 8.09. The quantitative estimate of drug-likeness (QED) is 0.447. The van der Waals surface area contributed by atoms with Gasteiger partial charge in [0.2, 0.25) is 5.56 Å². The van der Waals surface area contributed by atoms with E-state index in [2.05, 4.69) is 9.78 Å². The first-order valence-electron chi connectivity index (χ1n) is 5.23. The molecule has 0 aliphatic rings. The molecule has 0 heterocycles. The van der Waals surface area contributed by atoms with Gasteiger partial charge in [0.25, 0.3) is 0 Å². The maximum atomic E-state index is 10.5. The molecule has 0 bridgehead atoms. The zero-order valence-electron chi connectivity index (χ0n) is 9.76. The van der Waals surface area contributed by atoms with Crippen LogP contribution in [0.3, 0.4) is 0 Å². The molecule has 0 saturated heterocycles. The van der Waals surface area contributed by atoms with Crippen LogP contribution in [0.1, 0.15) is 19.4 Å². The zero-order valence-corrected chi connectivity index (χ0v) is 10.5. The summed E-state index contributed by atoms with van der Waals surface area (Å²) in [7, 11) is 0. The molecule has 2 unspecified atom stereocenters. The third-order valence-electron chi connectivity index (χ3n) is 1.98. The summed E-state index contributed by atoms with van der Waals surface area (Å²) in [5.41, 5.74) is 0.207. The van der Waals surface area contributed by atoms with Crippen LogP contribution in [0.2, 0.25) is 0 Å². The Morgan fingerprint density at radius 1 is 1.35 bits per heavy atom. The van der Waals surface area contributed by atoms with E-state index in [0.29, 0.717) is 6.61 Å². The fourth-order valence-electron chi connectivity index (χ4n) is 1.07. The molecule has 94 valence electrons. The first-order valence-corrected chi connectivity index (χ1v) is 5.66. The van der Waals surface area contributed by atoms with E-state index in [0.717, 1.165) is 5.56 Å². The smallest absolute Gasteiger partial charge is 0.339 e. The number of carbonyl (C=O) groups excluding carboxylic acids is 1. The predicted molar refractivity (Wildman–Crippen MR) is 63.2 cm³/mol. The molecule has 0 radical (unpaired) electrons. The topological polar surface area (TPSA) is 44.8 Å². The number of benzene rings is 1. The molecule has 0 aliphatic heterocycles. The summed E-state index contributed by atoms with van der Waals surface area (Å²) >= 11 is 5.82. The van der Waals surface area contributed by atoms with Crippen LogP contribution in [0.5, 0.6) is 0 Å². The van der Waals surface area contributed by atoms with E-state index in [-0.39, 0.29) is 0 Å². The average molecular weight is 259 g/mol. The third-order valence-corrected chi connectivity index (χ3v) is 2.41. The molecular weight excluding hydrogens is 244 g/mol. The molecule has 0 N–H and O–H groups in total. The fourth-order valence-corrected chi connectivity index (χ4v) is 1.18. The molecule has 17 heavy (non-hydrogen) atoms. The van der Waals surface area contributed by atoms with Crippen molar-refractivity contribution in [2.75, 3.05) is 0 Å². The Morgan fingerprint density at radius 3 is 2.59 bits per heavy atom. The van der Waals surface area contributed by atoms with Gasteiger partial charge < -0.3 is 4.74 Å². The molecule has 4 nitrogen and oxygen atoms in total. The van der Waals surface area contributed by atoms with Crippen molar-refractivity contribution in [1.29, 1.82) is 0 Å². The van der Waals surface area contributed by atoms with Crippen LogP contribution in [-0.2, 0) is 25.9 Å². The number of ether oxygens (including phenoxy) is 1. The van der Waals surface area contributed by atoms with E-state index in [1.165, 1.54) is 6.92 Å². The SMILES string of the molecule is CC(=O)OOC(Cl)C(C)OCc1ccccc1. The second-order valence-corrected chi connectivity index (χ2v) is 3.95. The molecule has 0 aliphatic carbocycles. The van der Waals surface area contributed by atoms with Crippen LogP contribution in [0.4, 0.5) is 0 Å². The molecular formula is C12H15ClO4. The lowest BCUT2D eigenvalue weighted by atomic mass is 10.2. The van der Waals surface area contributed by atoms with E-state index < -0.39 is 17.6 Å². The molecule has 0 spiro atoms. The maximum absolute atomic E-state index is 10.5. The van der Waals surface area contributed by atoms with Crippen molar-refractivity contribution in [1.82, 2.24) is 0 Å². The van der Waals surface area contributed by atoms with Gasteiger partial charge in [0.05, 0.1) is 12.7 Å². The Morgan fingerprint density at radius 2 is 2.00 bits per heavy atom. The van der Waals surface area contributed by atoms with Crippen LogP contribution in [-0.4, -0.2) is 17.6 Å². The van der Waals surface area contributed by atoms with Crippen molar-refractivity contribution in [3.05, 3.63) is 35.9 Å². The van der Waals surface area contributed by atoms with Crippen molar-refractivity contribution in [2.45, 2.75) is 32.1 Å². The minimum Gasteiger partial charge on any atom is -0.370 e. The average Bonchev–Trinajstić information content (AvgIpc) is 2.34. The minimum absolute atomic E-state index is 0.392. The molecule has 1 aromatic carbocycles. The molecule has 0 saturated carbocycles. The molecule has 0 fully saturated rings. The summed E-state index contributed by atoms with van der Waals surface area (Å²) in [5, 5.41) is 0. The standard InChI is InChI=1S/C12H15ClO4/c1-9(12(13)17-16-10(2)14)15-8-11-6-4-3-5-7-11/h3-7,9,12H,8H2,1-2H3. The Balaban J connectivity index is 2.29. The summed E-state index contributed by atoms with van der Waals surface area (Å²) in [6.07, 6.45) is -0.392. The van der Waals surface area contributed by atoms with E-state index in [1.807, 2.05) is 30.3 Å². The van der Waals surface area contributed by atoms with Gasteiger partial charge in [0, 0.05) is 6.92 Å². The summed E-state index contributed by atoms with van der Waals surface area (Å²) < 4.78 is 5.47. The van der Waals surface area contributed by atoms with Gasteiger partial charge in [-0.25, -0.2) is 4.79 Å². The van der Waals surface area contributed by atoms with Crippen LogP contribution in [0.25, 0.3) is 0 Å². The Kier molecular flexibility index (Phi) is 5.97. The second kappa shape index (κ2) is 7.27. The van der Waals surface area contributed by atoms with E-state index in [9.17, 15) is 4.79 Å². The number of carbonyl (C=O) groups is 1. The van der Waals surface area contributed by atoms with Crippen molar-refractivity contribution < 1.29 is 19.3 Å². The highest BCUT2D eigenvalue weighted by Gasteiger charge is 2.18. The van der Waals surface area contributed by atoms with Gasteiger partial charge in [-0.3, -0.25) is 4.89 Å². The molecule has 1 aromatic rings. The zero-order chi connectivity index (χ0) is 12.7. The van der Waals surface area contributed by atoms with Gasteiger partial charge in [0.15, 0.2) is 0 Å². The van der Waals surface area contributed by atoms with Gasteiger partial charge in [-0.2, -0.15) is 4.89 Å². The summed E-state index contributed by atoms with van der Waals surface area (Å²) in [6, 6.07) is 9.68. The molecule has 5 heteroatoms. The van der Waals surface area contributed by atoms with Crippen LogP contribution >= 0.6 is 11.6 Å². The van der Waals surface area contributed by atoms with Gasteiger partial charge in [0.1, 0.15) is 0 Å². The van der Waals surface area contributed by atoms with Gasteiger partial charge in [-0.05, 0) is 12.5 Å². The maximum Gasteiger partial charge on any atom is 0.339 e. The minimum atomic E-state index is -0.831. The fraction of sp³-hybridized carbons (Fsp3) is 0.417. The Bertz CT molecular complexity index is 342. The number of alkyl halides is 1. The molecule has 0 aromatic heterocycles. The van der Waals surface area contributed by atoms with Crippen LogP contribution in [0, 0.1) is 0 Å². The number of hydrogen-bond donors (Lipinski definition) is 0. The van der Waals surface area contributed by atoms with Crippen molar-refractivity contribution in [3.8, 4) is 0 Å². The lowest BCUT2D eigenvalue weighted by Gasteiger charge is -2.17. The van der Waals surface area contributed by atoms with E-state index in [1.54, 1.807) is 6.92 Å². The van der Waals surface area contributed by atoms with Crippen LogP contribution in [0.15, 0.2) is 30.3 Å². The second-order valence-electron chi connectivity index (χ2n) is 3.52. The summed E-state index contributed by atoms with van der Waals surface area (Å²) in [4.78, 5) is 19.5. The lowest BCUT2D eigenvalue weighted by molar-refractivity contribution is -0.293. The summed E-state index contributed by atoms with van der Waals surface area (Å²) in [6.45, 7) is 3.40. The summed E-state index contributed by atoms with van der Waals surface area (Å²) in [5.74, 6) is -0.550. The third kappa shape index (κ3) is 5.68. The van der Waals surface area contributed by atoms with E-state index >= 15 is 0 Å². The van der Waals surface area contributed by atoms with Crippen LogP contribution < -0.4 is 0 Å². The van der Waals surface area contributed by atoms with Crippen molar-refractivity contribution >= 4 is 17.6 Å². The predicted octanol–water partition coefficient (Wildman–Crippen LogP) is 2.65. The van der Waals surface area contributed by atoms with Crippen molar-refractivity contribution in [2.24, 2.45) is 0 Å². The Labute approximate surface area is 105 Å².